The van der Waals surface area contributed by atoms with Crippen LogP contribution in [0.3, 0.4) is 0 Å². The molecule has 0 aromatic rings. The summed E-state index contributed by atoms with van der Waals surface area (Å²) in [4.78, 5) is 26.2. The second-order valence-electron chi connectivity index (χ2n) is 9.83. The average Bonchev–Trinajstić information content (AvgIpc) is 2.85. The van der Waals surface area contributed by atoms with E-state index in [0.717, 1.165) is 19.3 Å². The minimum Gasteiger partial charge on any atom is -0.490 e. The third kappa shape index (κ3) is 2.06. The van der Waals surface area contributed by atoms with E-state index in [1.54, 1.807) is 0 Å². The fourth-order valence-corrected chi connectivity index (χ4v) is 7.35. The van der Waals surface area contributed by atoms with E-state index in [-0.39, 0.29) is 28.2 Å². The van der Waals surface area contributed by atoms with Gasteiger partial charge >= 0.3 is 0 Å². The smallest absolute Gasteiger partial charge is 0.198 e. The molecule has 142 valence electrons. The van der Waals surface area contributed by atoms with E-state index in [4.69, 9.17) is 4.74 Å². The highest BCUT2D eigenvalue weighted by Gasteiger charge is 2.70. The number of allylic oxidation sites excluding steroid dienone is 3. The van der Waals surface area contributed by atoms with Gasteiger partial charge in [-0.25, -0.2) is 0 Å². The Kier molecular flexibility index (Phi) is 3.85. The predicted octanol–water partition coefficient (Wildman–Crippen LogP) is 4.86. The van der Waals surface area contributed by atoms with Gasteiger partial charge in [-0.1, -0.05) is 32.9 Å². The van der Waals surface area contributed by atoms with Gasteiger partial charge in [0.1, 0.15) is 0 Å². The molecule has 0 aromatic carbocycles. The molecule has 0 amide bonds. The summed E-state index contributed by atoms with van der Waals surface area (Å²) < 4.78 is 5.45. The van der Waals surface area contributed by atoms with Gasteiger partial charge in [-0.15, -0.1) is 0 Å². The summed E-state index contributed by atoms with van der Waals surface area (Å²) in [5.74, 6) is 1.77. The van der Waals surface area contributed by atoms with Crippen LogP contribution in [-0.4, -0.2) is 18.2 Å². The van der Waals surface area contributed by atoms with Crippen molar-refractivity contribution < 1.29 is 14.3 Å². The zero-order chi connectivity index (χ0) is 18.9. The molecule has 1 spiro atoms. The molecule has 4 aliphatic rings. The number of carbonyl (C=O) groups excluding carboxylic acids is 2. The molecule has 6 atom stereocenters. The normalized spacial score (nSPS) is 47.8. The molecule has 3 nitrogen and oxygen atoms in total. The highest BCUT2D eigenvalue weighted by molar-refractivity contribution is 6.10. The molecule has 0 radical (unpaired) electrons. The van der Waals surface area contributed by atoms with E-state index in [1.165, 1.54) is 24.5 Å². The van der Waals surface area contributed by atoms with E-state index in [0.29, 0.717) is 30.8 Å². The van der Waals surface area contributed by atoms with Crippen LogP contribution in [0.25, 0.3) is 0 Å². The standard InChI is InChI=1S/C23H32O3/c1-6-26-18-11-19(25)23(12-17(18)24)13-22(5)15(3)9-10-21(4)14(2)7-8-16(23)20(21)22/h11,15-16,20H,2,6-10,12-13H2,1,3-5H3/t15?,16?,20?,21?,22?,23-/m1/s1. The van der Waals surface area contributed by atoms with Crippen molar-refractivity contribution in [3.8, 4) is 0 Å². The van der Waals surface area contributed by atoms with Gasteiger partial charge in [0.2, 0.25) is 0 Å². The van der Waals surface area contributed by atoms with Gasteiger partial charge in [-0.05, 0) is 67.6 Å². The van der Waals surface area contributed by atoms with Crippen LogP contribution in [0, 0.1) is 34.0 Å². The largest absolute Gasteiger partial charge is 0.490 e. The number of rotatable bonds is 2. The Morgan fingerprint density at radius 1 is 1.27 bits per heavy atom. The fraction of sp³-hybridized carbons (Fsp3) is 0.739. The van der Waals surface area contributed by atoms with Gasteiger partial charge in [0.15, 0.2) is 17.3 Å². The molecule has 0 N–H and O–H groups in total. The maximum atomic E-state index is 13.4. The van der Waals surface area contributed by atoms with E-state index < -0.39 is 5.41 Å². The predicted molar refractivity (Wildman–Crippen MR) is 101 cm³/mol. The second-order valence-corrected chi connectivity index (χ2v) is 9.83. The van der Waals surface area contributed by atoms with Crippen LogP contribution in [-0.2, 0) is 14.3 Å². The number of Topliss-reactive ketones (excluding diaryl/α,β-unsaturated/α-hetero) is 1. The molecule has 0 heterocycles. The minimum absolute atomic E-state index is 0.0208. The third-order valence-corrected chi connectivity index (χ3v) is 8.80. The summed E-state index contributed by atoms with van der Waals surface area (Å²) in [6, 6.07) is 0. The minimum atomic E-state index is -0.516. The van der Waals surface area contributed by atoms with Crippen LogP contribution < -0.4 is 0 Å². The van der Waals surface area contributed by atoms with Gasteiger partial charge in [0.05, 0.1) is 6.61 Å². The number of ketones is 2. The highest BCUT2D eigenvalue weighted by atomic mass is 16.5. The molecule has 0 saturated heterocycles. The fourth-order valence-electron chi connectivity index (χ4n) is 7.35. The molecule has 4 aliphatic carbocycles. The molecule has 3 saturated carbocycles. The lowest BCUT2D eigenvalue weighted by atomic mass is 9.47. The first-order valence-electron chi connectivity index (χ1n) is 10.3. The van der Waals surface area contributed by atoms with Crippen LogP contribution in [0.2, 0.25) is 0 Å². The first-order valence-corrected chi connectivity index (χ1v) is 10.3. The summed E-state index contributed by atoms with van der Waals surface area (Å²) in [5.41, 5.74) is 1.07. The molecule has 3 heteroatoms. The molecule has 0 aliphatic heterocycles. The molecule has 3 fully saturated rings. The average molecular weight is 357 g/mol. The van der Waals surface area contributed by atoms with Crippen molar-refractivity contribution in [3.05, 3.63) is 24.0 Å². The summed E-state index contributed by atoms with van der Waals surface area (Å²) in [7, 11) is 0. The van der Waals surface area contributed by atoms with Crippen molar-refractivity contribution in [1.29, 1.82) is 0 Å². The summed E-state index contributed by atoms with van der Waals surface area (Å²) >= 11 is 0. The second kappa shape index (κ2) is 5.56. The Morgan fingerprint density at radius 3 is 2.69 bits per heavy atom. The first-order chi connectivity index (χ1) is 12.2. The van der Waals surface area contributed by atoms with Crippen molar-refractivity contribution in [2.24, 2.45) is 34.0 Å². The lowest BCUT2D eigenvalue weighted by Gasteiger charge is -2.57. The molecule has 0 aromatic heterocycles. The summed E-state index contributed by atoms with van der Waals surface area (Å²) in [5, 5.41) is 0. The Labute approximate surface area is 157 Å². The van der Waals surface area contributed by atoms with Gasteiger partial charge in [0, 0.05) is 17.9 Å². The van der Waals surface area contributed by atoms with Crippen molar-refractivity contribution in [1.82, 2.24) is 0 Å². The number of hydrogen-bond donors (Lipinski definition) is 0. The topological polar surface area (TPSA) is 43.4 Å². The van der Waals surface area contributed by atoms with Gasteiger partial charge in [-0.3, -0.25) is 9.59 Å². The SMILES string of the molecule is C=C1CCC2C3C1(C)CCC(C)C3(C)C[C@]21CC(=O)C(OCC)=CC1=O. The van der Waals surface area contributed by atoms with Crippen molar-refractivity contribution >= 4 is 11.6 Å². The quantitative estimate of drug-likeness (QED) is 0.663. The molecule has 0 bridgehead atoms. The maximum Gasteiger partial charge on any atom is 0.198 e. The van der Waals surface area contributed by atoms with Crippen LogP contribution in [0.5, 0.6) is 0 Å². The van der Waals surface area contributed by atoms with Crippen molar-refractivity contribution in [3.63, 3.8) is 0 Å². The molecule has 5 unspecified atom stereocenters. The summed E-state index contributed by atoms with van der Waals surface area (Å²) in [6.07, 6.45) is 7.06. The zero-order valence-electron chi connectivity index (χ0n) is 16.7. The van der Waals surface area contributed by atoms with E-state index in [1.807, 2.05) is 6.92 Å². The van der Waals surface area contributed by atoms with E-state index in [2.05, 4.69) is 27.4 Å². The lowest BCUT2D eigenvalue weighted by Crippen LogP contribution is -2.51. The van der Waals surface area contributed by atoms with Gasteiger partial charge in [0.25, 0.3) is 0 Å². The number of ether oxygens (including phenoxy) is 1. The van der Waals surface area contributed by atoms with Gasteiger partial charge in [-0.2, -0.15) is 0 Å². The third-order valence-electron chi connectivity index (χ3n) is 8.80. The van der Waals surface area contributed by atoms with Crippen LogP contribution in [0.4, 0.5) is 0 Å². The Hall–Kier alpha value is -1.38. The Morgan fingerprint density at radius 2 is 2.00 bits per heavy atom. The van der Waals surface area contributed by atoms with E-state index >= 15 is 0 Å². The number of fused-ring (bicyclic) bond motifs is 1. The number of carbonyl (C=O) groups is 2. The van der Waals surface area contributed by atoms with Crippen LogP contribution >= 0.6 is 0 Å². The van der Waals surface area contributed by atoms with Crippen molar-refractivity contribution in [2.45, 2.75) is 66.2 Å². The molecule has 26 heavy (non-hydrogen) atoms. The van der Waals surface area contributed by atoms with E-state index in [9.17, 15) is 9.59 Å². The maximum absolute atomic E-state index is 13.4. The molecular weight excluding hydrogens is 324 g/mol. The van der Waals surface area contributed by atoms with Crippen LogP contribution in [0.15, 0.2) is 24.0 Å². The Balaban J connectivity index is 1.83. The van der Waals surface area contributed by atoms with Crippen molar-refractivity contribution in [2.75, 3.05) is 6.61 Å². The monoisotopic (exact) mass is 356 g/mol. The first kappa shape index (κ1) is 18.0. The Bertz CT molecular complexity index is 719. The number of hydrogen-bond acceptors (Lipinski definition) is 3. The zero-order valence-corrected chi connectivity index (χ0v) is 16.7. The lowest BCUT2D eigenvalue weighted by molar-refractivity contribution is -0.137. The highest BCUT2D eigenvalue weighted by Crippen LogP contribution is 2.74. The molecular formula is C23H32O3. The van der Waals surface area contributed by atoms with Gasteiger partial charge < -0.3 is 4.74 Å². The van der Waals surface area contributed by atoms with Crippen LogP contribution in [0.1, 0.15) is 66.2 Å². The molecule has 4 rings (SSSR count). The summed E-state index contributed by atoms with van der Waals surface area (Å²) in [6.45, 7) is 13.8.